The second-order valence-electron chi connectivity index (χ2n) is 13.3. The first kappa shape index (κ1) is 28.0. The lowest BCUT2D eigenvalue weighted by Gasteiger charge is -2.15. The number of benzene rings is 9. The predicted octanol–water partition coefficient (Wildman–Crippen LogP) is 12.7. The number of aromatic nitrogens is 3. The first-order valence-electron chi connectivity index (χ1n) is 17.4. The minimum Gasteiger partial charge on any atom is -0.308 e. The lowest BCUT2D eigenvalue weighted by atomic mass is 9.93. The summed E-state index contributed by atoms with van der Waals surface area (Å²) in [7, 11) is 0. The fourth-order valence-electron chi connectivity index (χ4n) is 8.35. The molecule has 0 saturated carbocycles. The van der Waals surface area contributed by atoms with E-state index in [0.717, 1.165) is 39.2 Å². The van der Waals surface area contributed by atoms with Gasteiger partial charge in [-0.05, 0) is 56.6 Å². The molecule has 0 radical (unpaired) electrons. The maximum absolute atomic E-state index is 5.19. The fraction of sp³-hybridized carbons (Fsp3) is 0. The van der Waals surface area contributed by atoms with E-state index in [1.165, 1.54) is 64.9 Å². The highest BCUT2D eigenvalue weighted by molar-refractivity contribution is 6.40. The molecule has 3 nitrogen and oxygen atoms in total. The van der Waals surface area contributed by atoms with Crippen LogP contribution in [-0.4, -0.2) is 14.5 Å². The smallest absolute Gasteiger partial charge is 0.0973 e. The molecule has 11 rings (SSSR count). The van der Waals surface area contributed by atoms with Crippen LogP contribution in [0.3, 0.4) is 0 Å². The molecule has 3 heteroatoms. The predicted molar refractivity (Wildman–Crippen MR) is 215 cm³/mol. The maximum atomic E-state index is 5.19. The highest BCUT2D eigenvalue weighted by Gasteiger charge is 2.23. The minimum atomic E-state index is 0.876. The third kappa shape index (κ3) is 4.06. The normalized spacial score (nSPS) is 11.9. The molecular weight excluding hydrogens is 619 g/mol. The summed E-state index contributed by atoms with van der Waals surface area (Å²) < 4.78 is 2.52. The summed E-state index contributed by atoms with van der Waals surface area (Å²) in [4.78, 5) is 10.3. The van der Waals surface area contributed by atoms with E-state index >= 15 is 0 Å². The lowest BCUT2D eigenvalue weighted by molar-refractivity contribution is 1.19. The molecule has 0 bridgehead atoms. The molecule has 0 spiro atoms. The Morgan fingerprint density at radius 1 is 0.294 bits per heavy atom. The molecule has 0 unspecified atom stereocenters. The second kappa shape index (κ2) is 10.8. The summed E-state index contributed by atoms with van der Waals surface area (Å²) in [6.45, 7) is 0. The zero-order valence-corrected chi connectivity index (χ0v) is 27.6. The first-order chi connectivity index (χ1) is 25.3. The highest BCUT2D eigenvalue weighted by atomic mass is 15.0. The fourth-order valence-corrected chi connectivity index (χ4v) is 8.35. The zero-order valence-electron chi connectivity index (χ0n) is 27.6. The van der Waals surface area contributed by atoms with Crippen molar-refractivity contribution in [3.8, 4) is 28.2 Å². The average molecular weight is 648 g/mol. The molecule has 0 N–H and O–H groups in total. The van der Waals surface area contributed by atoms with Gasteiger partial charge in [-0.25, -0.2) is 9.97 Å². The van der Waals surface area contributed by atoms with Crippen LogP contribution in [0.2, 0.25) is 0 Å². The van der Waals surface area contributed by atoms with Gasteiger partial charge in [-0.3, -0.25) is 0 Å². The Balaban J connectivity index is 1.27. The van der Waals surface area contributed by atoms with E-state index in [0.29, 0.717) is 0 Å². The van der Waals surface area contributed by atoms with Gasteiger partial charge in [0.25, 0.3) is 0 Å². The second-order valence-corrected chi connectivity index (χ2v) is 13.3. The summed E-state index contributed by atoms with van der Waals surface area (Å²) in [6, 6.07) is 63.0. The molecule has 0 saturated heterocycles. The SMILES string of the molecule is c1ccc(-c2nc3ccccc3nc2-c2ccc(-n3c4c5ccccc5c5ccccc5c4c4c5ccccc5c5ccccc5c43)cc2)cc1. The largest absolute Gasteiger partial charge is 0.308 e. The minimum absolute atomic E-state index is 0.876. The molecule has 0 aliphatic rings. The zero-order chi connectivity index (χ0) is 33.5. The molecule has 11 aromatic rings. The van der Waals surface area contributed by atoms with E-state index in [1.807, 2.05) is 30.3 Å². The van der Waals surface area contributed by atoms with Gasteiger partial charge in [-0.15, -0.1) is 0 Å². The molecule has 2 aromatic heterocycles. The summed E-state index contributed by atoms with van der Waals surface area (Å²) in [5.74, 6) is 0. The quantitative estimate of drug-likeness (QED) is 0.179. The van der Waals surface area contributed by atoms with Crippen LogP contribution in [0.1, 0.15) is 0 Å². The third-order valence-corrected chi connectivity index (χ3v) is 10.5. The van der Waals surface area contributed by atoms with Gasteiger partial charge in [0, 0.05) is 38.4 Å². The summed E-state index contributed by atoms with van der Waals surface area (Å²) in [5.41, 5.74) is 9.17. The lowest BCUT2D eigenvalue weighted by Crippen LogP contribution is -1.98. The van der Waals surface area contributed by atoms with Crippen molar-refractivity contribution < 1.29 is 0 Å². The maximum Gasteiger partial charge on any atom is 0.0973 e. The van der Waals surface area contributed by atoms with Crippen LogP contribution < -0.4 is 0 Å². The van der Waals surface area contributed by atoms with E-state index in [-0.39, 0.29) is 0 Å². The Morgan fingerprint density at radius 2 is 0.647 bits per heavy atom. The van der Waals surface area contributed by atoms with Crippen molar-refractivity contribution in [1.29, 1.82) is 0 Å². The molecule has 0 atom stereocenters. The van der Waals surface area contributed by atoms with Gasteiger partial charge >= 0.3 is 0 Å². The average Bonchev–Trinajstić information content (AvgIpc) is 3.58. The van der Waals surface area contributed by atoms with Gasteiger partial charge in [0.05, 0.1) is 33.5 Å². The monoisotopic (exact) mass is 647 g/mol. The van der Waals surface area contributed by atoms with Crippen molar-refractivity contribution in [3.05, 3.63) is 176 Å². The van der Waals surface area contributed by atoms with E-state index in [1.54, 1.807) is 0 Å². The van der Waals surface area contributed by atoms with Crippen LogP contribution in [0.15, 0.2) is 176 Å². The number of hydrogen-bond donors (Lipinski definition) is 0. The number of hydrogen-bond acceptors (Lipinski definition) is 2. The van der Waals surface area contributed by atoms with Crippen LogP contribution >= 0.6 is 0 Å². The van der Waals surface area contributed by atoms with Crippen LogP contribution in [0.25, 0.3) is 104 Å². The third-order valence-electron chi connectivity index (χ3n) is 10.5. The van der Waals surface area contributed by atoms with Crippen LogP contribution in [0, 0.1) is 0 Å². The highest BCUT2D eigenvalue weighted by Crippen LogP contribution is 2.47. The first-order valence-corrected chi connectivity index (χ1v) is 17.4. The molecule has 51 heavy (non-hydrogen) atoms. The van der Waals surface area contributed by atoms with Crippen molar-refractivity contribution in [2.75, 3.05) is 0 Å². The Hall–Kier alpha value is -6.84. The standard InChI is InChI=1S/C48H29N3/c1-2-14-30(15-3-1)45-46(50-42-25-13-12-24-41(42)49-45)31-26-28-32(29-27-31)51-47-39-22-10-6-18-35(39)33-16-4-8-20-37(33)43(47)44-38-21-9-5-17-34(38)36-19-7-11-23-40(36)48(44)51/h1-29H. The molecule has 2 heterocycles. The number of rotatable bonds is 3. The van der Waals surface area contributed by atoms with Crippen molar-refractivity contribution in [1.82, 2.24) is 14.5 Å². The van der Waals surface area contributed by atoms with E-state index in [9.17, 15) is 0 Å². The Kier molecular flexibility index (Phi) is 5.96. The van der Waals surface area contributed by atoms with Gasteiger partial charge in [-0.2, -0.15) is 0 Å². The van der Waals surface area contributed by atoms with Gasteiger partial charge in [0.15, 0.2) is 0 Å². The summed E-state index contributed by atoms with van der Waals surface area (Å²) in [6.07, 6.45) is 0. The van der Waals surface area contributed by atoms with Gasteiger partial charge in [0.1, 0.15) is 0 Å². The number of nitrogens with zero attached hydrogens (tertiary/aromatic N) is 3. The van der Waals surface area contributed by atoms with E-state index in [2.05, 4.69) is 150 Å². The van der Waals surface area contributed by atoms with Gasteiger partial charge in [0.2, 0.25) is 0 Å². The van der Waals surface area contributed by atoms with Crippen molar-refractivity contribution in [2.45, 2.75) is 0 Å². The Bertz CT molecular complexity index is 3040. The van der Waals surface area contributed by atoms with E-state index < -0.39 is 0 Å². The van der Waals surface area contributed by atoms with Crippen molar-refractivity contribution in [3.63, 3.8) is 0 Å². The molecular formula is C48H29N3. The molecule has 0 aliphatic heterocycles. The van der Waals surface area contributed by atoms with Crippen LogP contribution in [0.4, 0.5) is 0 Å². The van der Waals surface area contributed by atoms with Crippen molar-refractivity contribution >= 4 is 75.9 Å². The molecule has 9 aromatic carbocycles. The molecule has 236 valence electrons. The Labute approximate surface area is 293 Å². The Morgan fingerprint density at radius 3 is 1.12 bits per heavy atom. The molecule has 0 amide bonds. The van der Waals surface area contributed by atoms with Gasteiger partial charge in [-0.1, -0.05) is 152 Å². The molecule has 0 fully saturated rings. The topological polar surface area (TPSA) is 30.7 Å². The van der Waals surface area contributed by atoms with Crippen molar-refractivity contribution in [2.24, 2.45) is 0 Å². The van der Waals surface area contributed by atoms with Crippen LogP contribution in [-0.2, 0) is 0 Å². The van der Waals surface area contributed by atoms with E-state index in [4.69, 9.17) is 9.97 Å². The molecule has 0 aliphatic carbocycles. The number of para-hydroxylation sites is 2. The summed E-state index contributed by atoms with van der Waals surface area (Å²) in [5, 5.41) is 12.7. The number of fused-ring (bicyclic) bond motifs is 14. The van der Waals surface area contributed by atoms with Gasteiger partial charge < -0.3 is 4.57 Å². The summed E-state index contributed by atoms with van der Waals surface area (Å²) >= 11 is 0. The van der Waals surface area contributed by atoms with Crippen LogP contribution in [0.5, 0.6) is 0 Å².